The van der Waals surface area contributed by atoms with Crippen LogP contribution in [0.3, 0.4) is 0 Å². The Hall–Kier alpha value is -3.99. The van der Waals surface area contributed by atoms with E-state index in [4.69, 9.17) is 24.5 Å². The molecule has 2 saturated heterocycles. The minimum Gasteiger partial charge on any atom is -0.379 e. The number of fused-ring (bicyclic) bond motifs is 2. The summed E-state index contributed by atoms with van der Waals surface area (Å²) in [6.07, 6.45) is 0.921. The van der Waals surface area contributed by atoms with Crippen molar-refractivity contribution in [3.63, 3.8) is 0 Å². The number of benzene rings is 2. The van der Waals surface area contributed by atoms with Crippen LogP contribution in [-0.4, -0.2) is 88.4 Å². The molecule has 10 heteroatoms. The fraction of sp³-hybridized carbons (Fsp3) is 0.406. The molecule has 5 heterocycles. The van der Waals surface area contributed by atoms with E-state index in [1.807, 2.05) is 17.8 Å². The second-order valence-electron chi connectivity index (χ2n) is 11.3. The number of morpholine rings is 2. The van der Waals surface area contributed by atoms with Gasteiger partial charge in [0.05, 0.1) is 48.8 Å². The predicted molar refractivity (Wildman–Crippen MR) is 167 cm³/mol. The molecule has 0 amide bonds. The smallest absolute Gasteiger partial charge is 0.228 e. The van der Waals surface area contributed by atoms with Gasteiger partial charge in [-0.2, -0.15) is 10.1 Å². The van der Waals surface area contributed by atoms with Crippen LogP contribution in [0.4, 0.5) is 17.5 Å². The first kappa shape index (κ1) is 26.9. The first-order valence-electron chi connectivity index (χ1n) is 14.8. The second-order valence-corrected chi connectivity index (χ2v) is 11.3. The molecule has 218 valence electrons. The molecule has 1 N–H and O–H groups in total. The molecular weight excluding hydrogens is 528 g/mol. The number of aromatic nitrogens is 5. The maximum atomic E-state index is 5.60. The number of nitrogens with zero attached hydrogens (tertiary/aromatic N) is 7. The van der Waals surface area contributed by atoms with Gasteiger partial charge in [-0.1, -0.05) is 18.2 Å². The number of ether oxygens (including phenoxy) is 2. The minimum absolute atomic E-state index is 0.675. The third-order valence-electron chi connectivity index (χ3n) is 8.56. The summed E-state index contributed by atoms with van der Waals surface area (Å²) in [4.78, 5) is 14.7. The standard InChI is InChI=1S/C32H38N8O2/c1-22-18-24-4-6-25(20-29(24)37(22)2)33-31-21-28(34-32(35-31)40-12-16-42-17-13-40)23-5-7-26-27(36-38(3)30(26)19-23)8-9-39-10-14-41-15-11-39/h4-7,18-21H,8-17H2,1-3H3,(H,33,34,35). The van der Waals surface area contributed by atoms with Crippen molar-refractivity contribution in [3.05, 3.63) is 59.9 Å². The van der Waals surface area contributed by atoms with Crippen LogP contribution in [0, 0.1) is 6.92 Å². The number of hydrogen-bond donors (Lipinski definition) is 1. The molecule has 0 aliphatic carbocycles. The van der Waals surface area contributed by atoms with Crippen molar-refractivity contribution in [2.75, 3.05) is 69.4 Å². The monoisotopic (exact) mass is 566 g/mol. The quantitative estimate of drug-likeness (QED) is 0.313. The van der Waals surface area contributed by atoms with Gasteiger partial charge in [-0.05, 0) is 36.6 Å². The molecule has 0 saturated carbocycles. The van der Waals surface area contributed by atoms with Crippen molar-refractivity contribution in [1.82, 2.24) is 29.2 Å². The summed E-state index contributed by atoms with van der Waals surface area (Å²) in [7, 11) is 4.13. The van der Waals surface area contributed by atoms with Gasteiger partial charge in [-0.15, -0.1) is 0 Å². The van der Waals surface area contributed by atoms with E-state index in [0.717, 1.165) is 86.3 Å². The molecule has 2 aliphatic rings. The molecule has 0 bridgehead atoms. The molecule has 2 aromatic carbocycles. The molecule has 0 spiro atoms. The third-order valence-corrected chi connectivity index (χ3v) is 8.56. The molecule has 3 aromatic heterocycles. The third kappa shape index (κ3) is 5.33. The zero-order valence-electron chi connectivity index (χ0n) is 24.6. The van der Waals surface area contributed by atoms with Crippen molar-refractivity contribution >= 4 is 39.3 Å². The van der Waals surface area contributed by atoms with E-state index < -0.39 is 0 Å². The van der Waals surface area contributed by atoms with Gasteiger partial charge in [0.25, 0.3) is 0 Å². The lowest BCUT2D eigenvalue weighted by Crippen LogP contribution is -2.37. The van der Waals surface area contributed by atoms with Gasteiger partial charge in [0.1, 0.15) is 5.82 Å². The summed E-state index contributed by atoms with van der Waals surface area (Å²) in [5.74, 6) is 1.48. The Balaban J connectivity index is 1.22. The molecule has 0 unspecified atom stereocenters. The van der Waals surface area contributed by atoms with Crippen LogP contribution < -0.4 is 10.2 Å². The summed E-state index contributed by atoms with van der Waals surface area (Å²) in [5.41, 5.74) is 7.57. The van der Waals surface area contributed by atoms with E-state index in [1.165, 1.54) is 22.0 Å². The topological polar surface area (TPSA) is 85.5 Å². The highest BCUT2D eigenvalue weighted by Gasteiger charge is 2.19. The van der Waals surface area contributed by atoms with Gasteiger partial charge in [-0.3, -0.25) is 9.58 Å². The van der Waals surface area contributed by atoms with E-state index in [0.29, 0.717) is 19.2 Å². The van der Waals surface area contributed by atoms with Crippen molar-refractivity contribution in [2.45, 2.75) is 13.3 Å². The van der Waals surface area contributed by atoms with E-state index in [9.17, 15) is 0 Å². The highest BCUT2D eigenvalue weighted by Crippen LogP contribution is 2.30. The highest BCUT2D eigenvalue weighted by atomic mass is 16.5. The average Bonchev–Trinajstić information content (AvgIpc) is 3.50. The first-order chi connectivity index (χ1) is 20.5. The van der Waals surface area contributed by atoms with Gasteiger partial charge >= 0.3 is 0 Å². The molecular formula is C32H38N8O2. The normalized spacial score (nSPS) is 16.5. The van der Waals surface area contributed by atoms with E-state index in [1.54, 1.807) is 0 Å². The average molecular weight is 567 g/mol. The largest absolute Gasteiger partial charge is 0.379 e. The number of nitrogens with one attached hydrogen (secondary N) is 1. The zero-order valence-corrected chi connectivity index (χ0v) is 24.6. The Morgan fingerprint density at radius 2 is 1.62 bits per heavy atom. The summed E-state index contributed by atoms with van der Waals surface area (Å²) >= 11 is 0. The van der Waals surface area contributed by atoms with Crippen LogP contribution in [-0.2, 0) is 30.0 Å². The van der Waals surface area contributed by atoms with Gasteiger partial charge in [-0.25, -0.2) is 4.98 Å². The van der Waals surface area contributed by atoms with E-state index >= 15 is 0 Å². The summed E-state index contributed by atoms with van der Waals surface area (Å²) in [6, 6.07) is 17.3. The molecule has 42 heavy (non-hydrogen) atoms. The van der Waals surface area contributed by atoms with Crippen LogP contribution in [0.15, 0.2) is 48.5 Å². The fourth-order valence-electron chi connectivity index (χ4n) is 6.01. The second kappa shape index (κ2) is 11.4. The van der Waals surface area contributed by atoms with Gasteiger partial charge in [0.15, 0.2) is 0 Å². The molecule has 10 nitrogen and oxygen atoms in total. The van der Waals surface area contributed by atoms with Gasteiger partial charge in [0, 0.05) is 81.6 Å². The first-order valence-corrected chi connectivity index (χ1v) is 14.8. The van der Waals surface area contributed by atoms with Crippen LogP contribution >= 0.6 is 0 Å². The Labute approximate surface area is 245 Å². The summed E-state index contributed by atoms with van der Waals surface area (Å²) < 4.78 is 15.3. The van der Waals surface area contributed by atoms with Crippen molar-refractivity contribution < 1.29 is 9.47 Å². The lowest BCUT2D eigenvalue weighted by atomic mass is 10.1. The lowest BCUT2D eigenvalue weighted by Gasteiger charge is -2.27. The Morgan fingerprint density at radius 1 is 0.833 bits per heavy atom. The Bertz CT molecular complexity index is 1730. The highest BCUT2D eigenvalue weighted by molar-refractivity contribution is 5.88. The number of rotatable bonds is 7. The number of anilines is 3. The lowest BCUT2D eigenvalue weighted by molar-refractivity contribution is 0.0383. The molecule has 2 aliphatic heterocycles. The van der Waals surface area contributed by atoms with Gasteiger partial charge < -0.3 is 24.3 Å². The van der Waals surface area contributed by atoms with Crippen molar-refractivity contribution in [3.8, 4) is 11.3 Å². The zero-order chi connectivity index (χ0) is 28.6. The van der Waals surface area contributed by atoms with Crippen LogP contribution in [0.2, 0.25) is 0 Å². The SMILES string of the molecule is Cc1cc2ccc(Nc3cc(-c4ccc5c(CCN6CCOCC6)nn(C)c5c4)nc(N4CCOCC4)n3)cc2n1C. The molecule has 2 fully saturated rings. The minimum atomic E-state index is 0.675. The summed E-state index contributed by atoms with van der Waals surface area (Å²) in [6.45, 7) is 9.62. The van der Waals surface area contributed by atoms with E-state index in [-0.39, 0.29) is 0 Å². The van der Waals surface area contributed by atoms with E-state index in [2.05, 4.69) is 76.1 Å². The number of aryl methyl sites for hydroxylation is 3. The number of hydrogen-bond acceptors (Lipinski definition) is 8. The van der Waals surface area contributed by atoms with Crippen molar-refractivity contribution in [2.24, 2.45) is 14.1 Å². The van der Waals surface area contributed by atoms with Crippen molar-refractivity contribution in [1.29, 1.82) is 0 Å². The predicted octanol–water partition coefficient (Wildman–Crippen LogP) is 4.29. The molecule has 0 atom stereocenters. The molecule has 7 rings (SSSR count). The Morgan fingerprint density at radius 3 is 2.43 bits per heavy atom. The maximum absolute atomic E-state index is 5.60. The van der Waals surface area contributed by atoms with Crippen LogP contribution in [0.1, 0.15) is 11.4 Å². The summed E-state index contributed by atoms with van der Waals surface area (Å²) in [5, 5.41) is 10.9. The maximum Gasteiger partial charge on any atom is 0.228 e. The molecule has 0 radical (unpaired) electrons. The van der Waals surface area contributed by atoms with Crippen LogP contribution in [0.25, 0.3) is 33.1 Å². The Kier molecular flexibility index (Phi) is 7.27. The van der Waals surface area contributed by atoms with Crippen LogP contribution in [0.5, 0.6) is 0 Å². The molecule has 5 aromatic rings. The van der Waals surface area contributed by atoms with Gasteiger partial charge in [0.2, 0.25) is 5.95 Å². The fourth-order valence-corrected chi connectivity index (χ4v) is 6.01.